The van der Waals surface area contributed by atoms with Gasteiger partial charge in [-0.3, -0.25) is 4.98 Å². The smallest absolute Gasteiger partial charge is 0.180 e. The molecule has 1 saturated heterocycles. The van der Waals surface area contributed by atoms with Crippen LogP contribution in [0, 0.1) is 13.8 Å². The molecule has 1 fully saturated rings. The molecule has 4 rings (SSSR count). The van der Waals surface area contributed by atoms with E-state index < -0.39 is 0 Å². The van der Waals surface area contributed by atoms with E-state index in [0.29, 0.717) is 10.8 Å². The van der Waals surface area contributed by atoms with Gasteiger partial charge in [0.1, 0.15) is 17.3 Å². The molecule has 0 N–H and O–H groups in total. The summed E-state index contributed by atoms with van der Waals surface area (Å²) in [5, 5.41) is 0.692. The summed E-state index contributed by atoms with van der Waals surface area (Å²) in [6.07, 6.45) is 3.55. The summed E-state index contributed by atoms with van der Waals surface area (Å²) in [6, 6.07) is 9.53. The van der Waals surface area contributed by atoms with Gasteiger partial charge in [-0.05, 0) is 38.1 Å². The maximum atomic E-state index is 6.30. The molecule has 0 spiro atoms. The molecule has 0 aromatic carbocycles. The van der Waals surface area contributed by atoms with Gasteiger partial charge in [0.05, 0.1) is 5.02 Å². The molecule has 0 atom stereocenters. The van der Waals surface area contributed by atoms with Crippen molar-refractivity contribution in [1.82, 2.24) is 19.9 Å². The van der Waals surface area contributed by atoms with E-state index in [2.05, 4.69) is 31.7 Å². The van der Waals surface area contributed by atoms with E-state index in [1.165, 1.54) is 0 Å². The molecule has 0 unspecified atom stereocenters. The highest BCUT2D eigenvalue weighted by Crippen LogP contribution is 2.27. The number of rotatable bonds is 3. The number of hydrogen-bond donors (Lipinski definition) is 0. The van der Waals surface area contributed by atoms with Crippen LogP contribution in [-0.2, 0) is 0 Å². The third-order valence-corrected chi connectivity index (χ3v) is 5.17. The molecule has 0 bridgehead atoms. The van der Waals surface area contributed by atoms with Crippen LogP contribution in [0.15, 0.2) is 42.7 Å². The molecule has 1 aliphatic heterocycles. The Balaban J connectivity index is 1.58. The number of anilines is 2. The summed E-state index contributed by atoms with van der Waals surface area (Å²) < 4.78 is 0. The molecule has 0 radical (unpaired) electrons. The second-order valence-corrected chi connectivity index (χ2v) is 6.99. The lowest BCUT2D eigenvalue weighted by molar-refractivity contribution is 0.639. The molecule has 27 heavy (non-hydrogen) atoms. The molecule has 0 saturated carbocycles. The van der Waals surface area contributed by atoms with Crippen molar-refractivity contribution in [3.63, 3.8) is 0 Å². The summed E-state index contributed by atoms with van der Waals surface area (Å²) in [5.41, 5.74) is 2.88. The van der Waals surface area contributed by atoms with Crippen LogP contribution in [0.2, 0.25) is 5.02 Å². The molecule has 0 amide bonds. The Morgan fingerprint density at radius 2 is 1.52 bits per heavy atom. The molecule has 6 nitrogen and oxygen atoms in total. The normalized spacial score (nSPS) is 14.5. The Morgan fingerprint density at radius 3 is 2.19 bits per heavy atom. The lowest BCUT2D eigenvalue weighted by Crippen LogP contribution is -2.47. The fraction of sp³-hybridized carbons (Fsp3) is 0.300. The van der Waals surface area contributed by atoms with Crippen molar-refractivity contribution in [2.24, 2.45) is 0 Å². The zero-order chi connectivity index (χ0) is 18.8. The first-order chi connectivity index (χ1) is 13.1. The van der Waals surface area contributed by atoms with E-state index in [1.807, 2.05) is 37.3 Å². The molecule has 4 heterocycles. The molecule has 7 heteroatoms. The van der Waals surface area contributed by atoms with Crippen LogP contribution < -0.4 is 9.80 Å². The highest BCUT2D eigenvalue weighted by Gasteiger charge is 2.23. The van der Waals surface area contributed by atoms with Crippen LogP contribution in [0.25, 0.3) is 11.5 Å². The summed E-state index contributed by atoms with van der Waals surface area (Å²) >= 11 is 6.30. The van der Waals surface area contributed by atoms with Gasteiger partial charge in [-0.2, -0.15) is 0 Å². The summed E-state index contributed by atoms with van der Waals surface area (Å²) in [5.74, 6) is 2.50. The first-order valence-electron chi connectivity index (χ1n) is 9.00. The average Bonchev–Trinajstić information content (AvgIpc) is 2.71. The zero-order valence-corrected chi connectivity index (χ0v) is 16.2. The third kappa shape index (κ3) is 3.57. The SMILES string of the molecule is Cc1nc(-c2ccccn2)nc(N2CCN(c3ncccc3Cl)CC2)c1C. The van der Waals surface area contributed by atoms with Gasteiger partial charge in [-0.1, -0.05) is 17.7 Å². The minimum absolute atomic E-state index is 0.670. The number of aryl methyl sites for hydroxylation is 1. The lowest BCUT2D eigenvalue weighted by atomic mass is 10.2. The van der Waals surface area contributed by atoms with Gasteiger partial charge in [0, 0.05) is 49.8 Å². The predicted octanol–water partition coefficient (Wildman–Crippen LogP) is 3.53. The van der Waals surface area contributed by atoms with Crippen molar-refractivity contribution in [3.8, 4) is 11.5 Å². The largest absolute Gasteiger partial charge is 0.353 e. The number of nitrogens with zero attached hydrogens (tertiary/aromatic N) is 6. The lowest BCUT2D eigenvalue weighted by Gasteiger charge is -2.37. The summed E-state index contributed by atoms with van der Waals surface area (Å²) in [4.78, 5) is 22.8. The maximum absolute atomic E-state index is 6.30. The van der Waals surface area contributed by atoms with E-state index in [1.54, 1.807) is 12.4 Å². The standard InChI is InChI=1S/C20H21ClN6/c1-14-15(2)24-18(17-7-3-4-8-22-17)25-19(14)26-10-12-27(13-11-26)20-16(21)6-5-9-23-20/h3-9H,10-13H2,1-2H3. The fourth-order valence-electron chi connectivity index (χ4n) is 3.27. The van der Waals surface area contributed by atoms with Gasteiger partial charge in [0.2, 0.25) is 0 Å². The van der Waals surface area contributed by atoms with E-state index in [9.17, 15) is 0 Å². The quantitative estimate of drug-likeness (QED) is 0.692. The van der Waals surface area contributed by atoms with Gasteiger partial charge in [-0.15, -0.1) is 0 Å². The molecule has 0 aliphatic carbocycles. The Labute approximate surface area is 163 Å². The summed E-state index contributed by atoms with van der Waals surface area (Å²) in [7, 11) is 0. The van der Waals surface area contributed by atoms with E-state index in [0.717, 1.165) is 54.8 Å². The van der Waals surface area contributed by atoms with Crippen molar-refractivity contribution in [3.05, 3.63) is 59.0 Å². The van der Waals surface area contributed by atoms with Crippen molar-refractivity contribution in [1.29, 1.82) is 0 Å². The predicted molar refractivity (Wildman–Crippen MR) is 108 cm³/mol. The van der Waals surface area contributed by atoms with Crippen molar-refractivity contribution in [2.45, 2.75) is 13.8 Å². The molecular weight excluding hydrogens is 360 g/mol. The minimum atomic E-state index is 0.670. The highest BCUT2D eigenvalue weighted by atomic mass is 35.5. The first-order valence-corrected chi connectivity index (χ1v) is 9.38. The highest BCUT2D eigenvalue weighted by molar-refractivity contribution is 6.32. The molecule has 3 aromatic rings. The zero-order valence-electron chi connectivity index (χ0n) is 15.4. The molecular formula is C20H21ClN6. The van der Waals surface area contributed by atoms with Gasteiger partial charge >= 0.3 is 0 Å². The van der Waals surface area contributed by atoms with Crippen LogP contribution in [0.5, 0.6) is 0 Å². The minimum Gasteiger partial charge on any atom is -0.353 e. The number of pyridine rings is 2. The van der Waals surface area contributed by atoms with Gasteiger partial charge in [0.15, 0.2) is 5.82 Å². The van der Waals surface area contributed by atoms with E-state index in [-0.39, 0.29) is 0 Å². The monoisotopic (exact) mass is 380 g/mol. The third-order valence-electron chi connectivity index (χ3n) is 4.88. The van der Waals surface area contributed by atoms with Crippen LogP contribution >= 0.6 is 11.6 Å². The van der Waals surface area contributed by atoms with Gasteiger partial charge < -0.3 is 9.80 Å². The maximum Gasteiger partial charge on any atom is 0.180 e. The Morgan fingerprint density at radius 1 is 0.815 bits per heavy atom. The van der Waals surface area contributed by atoms with Crippen molar-refractivity contribution < 1.29 is 0 Å². The summed E-state index contributed by atoms with van der Waals surface area (Å²) in [6.45, 7) is 7.50. The Kier molecular flexibility index (Phi) is 4.90. The number of piperazine rings is 1. The second kappa shape index (κ2) is 7.48. The van der Waals surface area contributed by atoms with Gasteiger partial charge in [0.25, 0.3) is 0 Å². The van der Waals surface area contributed by atoms with Crippen LogP contribution in [0.3, 0.4) is 0 Å². The number of halogens is 1. The first kappa shape index (κ1) is 17.7. The molecule has 138 valence electrons. The van der Waals surface area contributed by atoms with Gasteiger partial charge in [-0.25, -0.2) is 15.0 Å². The molecule has 1 aliphatic rings. The molecule has 3 aromatic heterocycles. The number of hydrogen-bond acceptors (Lipinski definition) is 6. The number of aromatic nitrogens is 4. The van der Waals surface area contributed by atoms with E-state index >= 15 is 0 Å². The topological polar surface area (TPSA) is 58.0 Å². The van der Waals surface area contributed by atoms with Crippen LogP contribution in [0.1, 0.15) is 11.3 Å². The van der Waals surface area contributed by atoms with Crippen LogP contribution in [-0.4, -0.2) is 46.1 Å². The van der Waals surface area contributed by atoms with Crippen LogP contribution in [0.4, 0.5) is 11.6 Å². The van der Waals surface area contributed by atoms with Crippen molar-refractivity contribution >= 4 is 23.2 Å². The Bertz CT molecular complexity index is 938. The van der Waals surface area contributed by atoms with Crippen molar-refractivity contribution in [2.75, 3.05) is 36.0 Å². The Hall–Kier alpha value is -2.73. The fourth-order valence-corrected chi connectivity index (χ4v) is 3.51. The second-order valence-electron chi connectivity index (χ2n) is 6.58. The average molecular weight is 381 g/mol. The van der Waals surface area contributed by atoms with E-state index in [4.69, 9.17) is 16.6 Å².